The molecule has 9 nitrogen and oxygen atoms in total. The molecule has 9 heteroatoms. The van der Waals surface area contributed by atoms with Gasteiger partial charge in [-0.25, -0.2) is 0 Å². The molecule has 0 radical (unpaired) electrons. The van der Waals surface area contributed by atoms with Crippen molar-refractivity contribution in [2.45, 2.75) is 110 Å². The number of rotatable bonds is 13. The number of nitrogens with zero attached hydrogens (tertiary/aromatic N) is 1. The number of fused-ring (bicyclic) bond motifs is 2. The van der Waals surface area contributed by atoms with E-state index in [9.17, 15) is 14.7 Å². The van der Waals surface area contributed by atoms with Crippen molar-refractivity contribution in [3.8, 4) is 0 Å². The van der Waals surface area contributed by atoms with Crippen molar-refractivity contribution in [2.24, 2.45) is 10.8 Å². The van der Waals surface area contributed by atoms with Gasteiger partial charge >= 0.3 is 0 Å². The van der Waals surface area contributed by atoms with E-state index in [-0.39, 0.29) is 30.6 Å². The minimum absolute atomic E-state index is 0.0165. The minimum Gasteiger partial charge on any atom is -0.397 e. The first kappa shape index (κ1) is 36.0. The maximum atomic E-state index is 12.5. The number of likely N-dealkylation sites (tertiary alicyclic amines) is 1. The zero-order chi connectivity index (χ0) is 35.3. The highest BCUT2D eigenvalue weighted by atomic mass is 16.7. The van der Waals surface area contributed by atoms with Gasteiger partial charge in [0.2, 0.25) is 11.8 Å². The number of carbonyl (C=O) groups excluding carboxylic acids is 2. The van der Waals surface area contributed by atoms with Gasteiger partial charge in [0.1, 0.15) is 0 Å². The summed E-state index contributed by atoms with van der Waals surface area (Å²) in [6.45, 7) is 9.72. The number of anilines is 2. The minimum atomic E-state index is -0.510. The van der Waals surface area contributed by atoms with Gasteiger partial charge in [-0.2, -0.15) is 0 Å². The van der Waals surface area contributed by atoms with Crippen LogP contribution in [-0.2, 0) is 32.2 Å². The third-order valence-electron chi connectivity index (χ3n) is 10.6. The summed E-state index contributed by atoms with van der Waals surface area (Å²) in [5.41, 5.74) is 11.7. The summed E-state index contributed by atoms with van der Waals surface area (Å²) in [6.07, 6.45) is 5.84. The number of amides is 2. The number of nitrogens with one attached hydrogen (secondary N) is 2. The third-order valence-corrected chi connectivity index (χ3v) is 10.6. The van der Waals surface area contributed by atoms with Crippen molar-refractivity contribution >= 4 is 23.2 Å². The molecule has 2 heterocycles. The van der Waals surface area contributed by atoms with E-state index in [1.165, 1.54) is 19.3 Å². The Kier molecular flexibility index (Phi) is 11.3. The SMILES string of the molecule is CC1(C)CC2CC(C)(CN2C[C@@H]2C[C@H](c3ccc(CO)cc3)O[C@H](c3ccc(CNC(=O)CCCCC(=O)Nc4ccccc4N)cc3)O2)C1. The molecule has 5 N–H and O–H groups in total. The predicted octanol–water partition coefficient (Wildman–Crippen LogP) is 7.02. The van der Waals surface area contributed by atoms with Gasteiger partial charge in [0.15, 0.2) is 6.29 Å². The monoisotopic (exact) mass is 682 g/mol. The van der Waals surface area contributed by atoms with Crippen LogP contribution in [0.25, 0.3) is 0 Å². The van der Waals surface area contributed by atoms with Crippen molar-refractivity contribution in [1.29, 1.82) is 0 Å². The lowest BCUT2D eigenvalue weighted by molar-refractivity contribution is -0.253. The van der Waals surface area contributed by atoms with Crippen LogP contribution in [-0.4, -0.2) is 47.1 Å². The van der Waals surface area contributed by atoms with Gasteiger partial charge in [0.05, 0.1) is 30.2 Å². The molecule has 3 aromatic carbocycles. The molecule has 1 saturated carbocycles. The number of benzene rings is 3. The lowest BCUT2D eigenvalue weighted by Crippen LogP contribution is -2.42. The molecule has 2 saturated heterocycles. The lowest BCUT2D eigenvalue weighted by atomic mass is 9.65. The number of ether oxygens (including phenoxy) is 2. The number of hydrogen-bond acceptors (Lipinski definition) is 7. The van der Waals surface area contributed by atoms with E-state index in [4.69, 9.17) is 15.2 Å². The standard InChI is InChI=1S/C41H54N4O5/c1-40(2)21-32-22-41(3,26-40)27-45(32)24-33-20-36(30-16-14-29(25-46)15-17-30)50-39(49-33)31-18-12-28(13-19-31)23-43-37(47)10-6-7-11-38(48)44-35-9-5-4-8-34(35)42/h4-5,8-9,12-19,32-33,36,39,46H,6-7,10-11,20-27,42H2,1-3H3,(H,43,47)(H,44,48)/t32?,33-,36+,39+,41?/m0/s1. The molecule has 0 aromatic heterocycles. The number of nitrogen functional groups attached to an aromatic ring is 1. The highest BCUT2D eigenvalue weighted by Gasteiger charge is 2.50. The molecule has 3 aliphatic rings. The quantitative estimate of drug-likeness (QED) is 0.113. The van der Waals surface area contributed by atoms with Gasteiger partial charge in [-0.1, -0.05) is 81.4 Å². The number of para-hydroxylation sites is 2. The highest BCUT2D eigenvalue weighted by molar-refractivity contribution is 5.93. The number of unbranched alkanes of at least 4 members (excludes halogenated alkanes) is 1. The van der Waals surface area contributed by atoms with E-state index in [0.717, 1.165) is 41.8 Å². The first-order chi connectivity index (χ1) is 24.0. The maximum absolute atomic E-state index is 12.5. The summed E-state index contributed by atoms with van der Waals surface area (Å²) >= 11 is 0. The van der Waals surface area contributed by atoms with Crippen molar-refractivity contribution in [2.75, 3.05) is 24.1 Å². The van der Waals surface area contributed by atoms with Crippen LogP contribution in [0.4, 0.5) is 11.4 Å². The number of aliphatic hydroxyl groups is 1. The molecule has 1 aliphatic carbocycles. The van der Waals surface area contributed by atoms with Gasteiger partial charge in [0.25, 0.3) is 0 Å². The molecule has 50 heavy (non-hydrogen) atoms. The van der Waals surface area contributed by atoms with Crippen LogP contribution in [0, 0.1) is 10.8 Å². The van der Waals surface area contributed by atoms with Gasteiger partial charge in [-0.3, -0.25) is 14.5 Å². The summed E-state index contributed by atoms with van der Waals surface area (Å²) in [4.78, 5) is 27.5. The summed E-state index contributed by atoms with van der Waals surface area (Å²) in [7, 11) is 0. The molecule has 2 aliphatic heterocycles. The van der Waals surface area contributed by atoms with Crippen LogP contribution in [0.3, 0.4) is 0 Å². The molecule has 3 fully saturated rings. The van der Waals surface area contributed by atoms with Crippen LogP contribution in [0.2, 0.25) is 0 Å². The number of aliphatic hydroxyl groups excluding tert-OH is 1. The predicted molar refractivity (Wildman–Crippen MR) is 196 cm³/mol. The summed E-state index contributed by atoms with van der Waals surface area (Å²) in [6, 6.07) is 23.9. The number of carbonyl (C=O) groups is 2. The van der Waals surface area contributed by atoms with E-state index in [2.05, 4.69) is 48.4 Å². The smallest absolute Gasteiger partial charge is 0.224 e. The molecule has 2 unspecified atom stereocenters. The van der Waals surface area contributed by atoms with Crippen LogP contribution in [0.1, 0.15) is 107 Å². The molecule has 5 atom stereocenters. The van der Waals surface area contributed by atoms with Crippen LogP contribution >= 0.6 is 0 Å². The van der Waals surface area contributed by atoms with E-state index < -0.39 is 6.29 Å². The van der Waals surface area contributed by atoms with Crippen LogP contribution in [0.15, 0.2) is 72.8 Å². The van der Waals surface area contributed by atoms with Crippen LogP contribution in [0.5, 0.6) is 0 Å². The second-order valence-corrected chi connectivity index (χ2v) is 15.9. The molecule has 2 amide bonds. The second-order valence-electron chi connectivity index (χ2n) is 15.9. The molecule has 2 bridgehead atoms. The maximum Gasteiger partial charge on any atom is 0.224 e. The topological polar surface area (TPSA) is 126 Å². The molecule has 3 aromatic rings. The normalized spacial score (nSPS) is 26.0. The fourth-order valence-electron chi connectivity index (χ4n) is 8.56. The lowest BCUT2D eigenvalue weighted by Gasteiger charge is -2.41. The third kappa shape index (κ3) is 9.31. The molecule has 6 rings (SSSR count). The van der Waals surface area contributed by atoms with E-state index >= 15 is 0 Å². The van der Waals surface area contributed by atoms with Gasteiger partial charge in [0, 0.05) is 50.5 Å². The zero-order valence-electron chi connectivity index (χ0n) is 29.8. The van der Waals surface area contributed by atoms with Crippen molar-refractivity contribution in [1.82, 2.24) is 10.2 Å². The highest BCUT2D eigenvalue weighted by Crippen LogP contribution is 2.53. The van der Waals surface area contributed by atoms with Crippen molar-refractivity contribution < 1.29 is 24.2 Å². The summed E-state index contributed by atoms with van der Waals surface area (Å²) in [5, 5.41) is 15.4. The Hall–Kier alpha value is -3.76. The largest absolute Gasteiger partial charge is 0.397 e. The summed E-state index contributed by atoms with van der Waals surface area (Å²) < 4.78 is 13.3. The number of nitrogens with two attached hydrogens (primary N) is 1. The fraction of sp³-hybridized carbons (Fsp3) is 0.512. The average Bonchev–Trinajstić information content (AvgIpc) is 3.33. The Balaban J connectivity index is 1.02. The average molecular weight is 683 g/mol. The Labute approximate surface area is 296 Å². The zero-order valence-corrected chi connectivity index (χ0v) is 29.8. The molecular formula is C41H54N4O5. The van der Waals surface area contributed by atoms with E-state index in [1.54, 1.807) is 12.1 Å². The van der Waals surface area contributed by atoms with E-state index in [1.807, 2.05) is 48.5 Å². The van der Waals surface area contributed by atoms with Crippen LogP contribution < -0.4 is 16.4 Å². The van der Waals surface area contributed by atoms with Gasteiger partial charge in [-0.05, 0) is 71.8 Å². The van der Waals surface area contributed by atoms with Crippen molar-refractivity contribution in [3.63, 3.8) is 0 Å². The Morgan fingerprint density at radius 3 is 2.28 bits per heavy atom. The Morgan fingerprint density at radius 2 is 1.56 bits per heavy atom. The first-order valence-corrected chi connectivity index (χ1v) is 18.2. The second kappa shape index (κ2) is 15.6. The van der Waals surface area contributed by atoms with E-state index in [0.29, 0.717) is 60.5 Å². The first-order valence-electron chi connectivity index (χ1n) is 18.2. The Morgan fingerprint density at radius 1 is 0.880 bits per heavy atom. The Bertz CT molecular complexity index is 1610. The molecule has 0 spiro atoms. The van der Waals surface area contributed by atoms with Gasteiger partial charge in [-0.15, -0.1) is 0 Å². The summed E-state index contributed by atoms with van der Waals surface area (Å²) in [5.74, 6) is -0.147. The van der Waals surface area contributed by atoms with Crippen molar-refractivity contribution in [3.05, 3.63) is 95.1 Å². The number of hydrogen-bond donors (Lipinski definition) is 4. The molecule has 268 valence electrons. The van der Waals surface area contributed by atoms with Gasteiger partial charge < -0.3 is 30.9 Å². The molecular weight excluding hydrogens is 628 g/mol. The fourth-order valence-corrected chi connectivity index (χ4v) is 8.56.